The lowest BCUT2D eigenvalue weighted by atomic mass is 9.77. The number of phenols is 2. The average Bonchev–Trinajstić information content (AvgIpc) is 3.27. The Balaban J connectivity index is 1.33. The highest BCUT2D eigenvalue weighted by Gasteiger charge is 2.54. The summed E-state index contributed by atoms with van der Waals surface area (Å²) in [4.78, 5) is 37.0. The van der Waals surface area contributed by atoms with Crippen molar-refractivity contribution >= 4 is 17.6 Å². The van der Waals surface area contributed by atoms with Crippen LogP contribution in [0.4, 0.5) is 5.69 Å². The SMILES string of the molecule is NC(COC(=O)c1cccc2c1C(=O)OC21c2ccc(O)cc2Oc2cc(O)ccc21)C(O)c1ccc([N+](=O)[O-])cc1. The minimum Gasteiger partial charge on any atom is -0.508 e. The molecule has 212 valence electrons. The standard InChI is InChI=1S/C30H22N2O10/c31-23(27(35)15-4-6-16(7-5-15)32(38)39)14-40-28(36)19-2-1-3-22-26(19)29(37)42-30(22)20-10-8-17(33)12-24(20)41-25-13-18(34)9-11-21(25)30/h1-13,23,27,33-35H,14,31H2. The molecule has 0 aromatic heterocycles. The second kappa shape index (κ2) is 9.87. The fraction of sp³-hybridized carbons (Fsp3) is 0.133. The summed E-state index contributed by atoms with van der Waals surface area (Å²) in [6, 6.07) is 17.3. The van der Waals surface area contributed by atoms with E-state index < -0.39 is 41.2 Å². The van der Waals surface area contributed by atoms with Gasteiger partial charge in [-0.15, -0.1) is 0 Å². The van der Waals surface area contributed by atoms with Gasteiger partial charge in [-0.05, 0) is 48.0 Å². The topological polar surface area (TPSA) is 192 Å². The van der Waals surface area contributed by atoms with Gasteiger partial charge in [-0.3, -0.25) is 10.1 Å². The molecule has 2 heterocycles. The minimum atomic E-state index is -1.56. The number of nitro groups is 1. The lowest BCUT2D eigenvalue weighted by molar-refractivity contribution is -0.384. The van der Waals surface area contributed by atoms with Crippen molar-refractivity contribution in [3.8, 4) is 23.0 Å². The number of hydrogen-bond donors (Lipinski definition) is 4. The number of carbonyl (C=O) groups is 2. The van der Waals surface area contributed by atoms with Crippen LogP contribution in [0.2, 0.25) is 0 Å². The first-order valence-corrected chi connectivity index (χ1v) is 12.7. The van der Waals surface area contributed by atoms with Gasteiger partial charge >= 0.3 is 11.9 Å². The number of nitro benzene ring substituents is 1. The first kappa shape index (κ1) is 26.7. The number of aliphatic hydroxyl groups excluding tert-OH is 1. The van der Waals surface area contributed by atoms with E-state index in [1.807, 2.05) is 0 Å². The molecule has 1 spiro atoms. The van der Waals surface area contributed by atoms with Crippen LogP contribution in [0.1, 0.15) is 49.1 Å². The van der Waals surface area contributed by atoms with Crippen molar-refractivity contribution < 1.29 is 44.0 Å². The number of ether oxygens (including phenoxy) is 3. The van der Waals surface area contributed by atoms with E-state index in [0.717, 1.165) is 0 Å². The molecule has 2 atom stereocenters. The van der Waals surface area contributed by atoms with E-state index in [9.17, 15) is 35.0 Å². The fourth-order valence-electron chi connectivity index (χ4n) is 5.30. The highest BCUT2D eigenvalue weighted by atomic mass is 16.6. The Hall–Kier alpha value is -5.46. The van der Waals surface area contributed by atoms with E-state index in [1.54, 1.807) is 24.3 Å². The number of rotatable bonds is 6. The number of carbonyl (C=O) groups excluding carboxylic acids is 2. The van der Waals surface area contributed by atoms with Crippen LogP contribution >= 0.6 is 0 Å². The van der Waals surface area contributed by atoms with Gasteiger partial charge in [0, 0.05) is 41.0 Å². The van der Waals surface area contributed by atoms with Crippen LogP contribution in [0.5, 0.6) is 23.0 Å². The molecular weight excluding hydrogens is 548 g/mol. The molecule has 0 aliphatic carbocycles. The van der Waals surface area contributed by atoms with Gasteiger partial charge in [0.25, 0.3) is 5.69 Å². The Morgan fingerprint density at radius 2 is 1.57 bits per heavy atom. The highest BCUT2D eigenvalue weighted by Crippen LogP contribution is 2.57. The molecule has 0 saturated heterocycles. The van der Waals surface area contributed by atoms with Crippen molar-refractivity contribution in [2.45, 2.75) is 17.7 Å². The number of aromatic hydroxyl groups is 2. The summed E-state index contributed by atoms with van der Waals surface area (Å²) in [5.41, 5.74) is 5.59. The lowest BCUT2D eigenvalue weighted by Crippen LogP contribution is -2.34. The molecule has 4 aromatic rings. The van der Waals surface area contributed by atoms with E-state index in [1.165, 1.54) is 54.6 Å². The molecule has 5 N–H and O–H groups in total. The number of nitrogens with two attached hydrogens (primary N) is 1. The third-order valence-corrected chi connectivity index (χ3v) is 7.28. The molecule has 0 bridgehead atoms. The molecule has 0 fully saturated rings. The maximum atomic E-state index is 13.4. The number of fused-ring (bicyclic) bond motifs is 6. The summed E-state index contributed by atoms with van der Waals surface area (Å²) in [6.45, 7) is -0.432. The van der Waals surface area contributed by atoms with Gasteiger partial charge in [-0.2, -0.15) is 0 Å². The number of aliphatic hydroxyl groups is 1. The van der Waals surface area contributed by atoms with Crippen molar-refractivity contribution in [1.82, 2.24) is 0 Å². The van der Waals surface area contributed by atoms with Gasteiger partial charge in [-0.1, -0.05) is 12.1 Å². The Labute approximate surface area is 237 Å². The second-order valence-electron chi connectivity index (χ2n) is 9.82. The Kier molecular flexibility index (Phi) is 6.29. The van der Waals surface area contributed by atoms with Crippen LogP contribution in [0.3, 0.4) is 0 Å². The first-order chi connectivity index (χ1) is 20.1. The number of phenolic OH excluding ortho intramolecular Hbond substituents is 2. The molecule has 2 aliphatic rings. The summed E-state index contributed by atoms with van der Waals surface area (Å²) in [7, 11) is 0. The van der Waals surface area contributed by atoms with E-state index in [2.05, 4.69) is 0 Å². The van der Waals surface area contributed by atoms with Crippen LogP contribution in [0.25, 0.3) is 0 Å². The Morgan fingerprint density at radius 3 is 2.17 bits per heavy atom. The quantitative estimate of drug-likeness (QED) is 0.150. The largest absolute Gasteiger partial charge is 0.508 e. The summed E-state index contributed by atoms with van der Waals surface area (Å²) in [5.74, 6) is -1.52. The van der Waals surface area contributed by atoms with E-state index >= 15 is 0 Å². The molecule has 12 nitrogen and oxygen atoms in total. The van der Waals surface area contributed by atoms with Crippen molar-refractivity contribution in [1.29, 1.82) is 0 Å². The van der Waals surface area contributed by atoms with Crippen LogP contribution in [-0.2, 0) is 15.1 Å². The maximum absolute atomic E-state index is 13.4. The van der Waals surface area contributed by atoms with Crippen LogP contribution in [0, 0.1) is 10.1 Å². The van der Waals surface area contributed by atoms with Crippen LogP contribution in [-0.4, -0.2) is 44.8 Å². The van der Waals surface area contributed by atoms with Crippen molar-refractivity contribution in [3.63, 3.8) is 0 Å². The minimum absolute atomic E-state index is 0.0491. The van der Waals surface area contributed by atoms with Crippen LogP contribution in [0.15, 0.2) is 78.9 Å². The van der Waals surface area contributed by atoms with Gasteiger partial charge in [0.05, 0.1) is 28.2 Å². The number of esters is 2. The third kappa shape index (κ3) is 4.17. The molecular formula is C30H22N2O10. The van der Waals surface area contributed by atoms with Gasteiger partial charge < -0.3 is 35.3 Å². The number of nitrogens with zero attached hydrogens (tertiary/aromatic N) is 1. The fourth-order valence-corrected chi connectivity index (χ4v) is 5.30. The summed E-state index contributed by atoms with van der Waals surface area (Å²) >= 11 is 0. The molecule has 0 saturated carbocycles. The summed E-state index contributed by atoms with van der Waals surface area (Å²) < 4.78 is 17.3. The Bertz CT molecular complexity index is 1720. The number of hydrogen-bond acceptors (Lipinski definition) is 11. The van der Waals surface area contributed by atoms with Gasteiger partial charge in [0.1, 0.15) is 29.6 Å². The zero-order valence-electron chi connectivity index (χ0n) is 21.6. The van der Waals surface area contributed by atoms with Crippen molar-refractivity contribution in [2.75, 3.05) is 6.61 Å². The van der Waals surface area contributed by atoms with E-state index in [4.69, 9.17) is 19.9 Å². The highest BCUT2D eigenvalue weighted by molar-refractivity contribution is 6.07. The summed E-state index contributed by atoms with van der Waals surface area (Å²) in [6.07, 6.45) is -1.29. The number of non-ortho nitro benzene ring substituents is 1. The second-order valence-corrected chi connectivity index (χ2v) is 9.82. The first-order valence-electron chi connectivity index (χ1n) is 12.7. The smallest absolute Gasteiger partial charge is 0.341 e. The van der Waals surface area contributed by atoms with E-state index in [0.29, 0.717) is 22.3 Å². The van der Waals surface area contributed by atoms with Gasteiger partial charge in [0.15, 0.2) is 5.60 Å². The maximum Gasteiger partial charge on any atom is 0.341 e. The molecule has 42 heavy (non-hydrogen) atoms. The zero-order valence-corrected chi connectivity index (χ0v) is 21.6. The predicted octanol–water partition coefficient (Wildman–Crippen LogP) is 3.79. The third-order valence-electron chi connectivity index (χ3n) is 7.28. The summed E-state index contributed by atoms with van der Waals surface area (Å²) in [5, 5.41) is 41.6. The zero-order chi connectivity index (χ0) is 29.8. The predicted molar refractivity (Wildman–Crippen MR) is 144 cm³/mol. The normalized spacial score (nSPS) is 15.4. The van der Waals surface area contributed by atoms with Crippen molar-refractivity contribution in [2.24, 2.45) is 5.73 Å². The molecule has 4 aromatic carbocycles. The van der Waals surface area contributed by atoms with Gasteiger partial charge in [0.2, 0.25) is 0 Å². The molecule has 0 radical (unpaired) electrons. The van der Waals surface area contributed by atoms with E-state index in [-0.39, 0.29) is 39.8 Å². The molecule has 2 aliphatic heterocycles. The van der Waals surface area contributed by atoms with Gasteiger partial charge in [-0.25, -0.2) is 9.59 Å². The van der Waals surface area contributed by atoms with Crippen molar-refractivity contribution in [3.05, 3.63) is 122 Å². The molecule has 6 rings (SSSR count). The van der Waals surface area contributed by atoms with Crippen LogP contribution < -0.4 is 10.5 Å². The molecule has 12 heteroatoms. The lowest BCUT2D eigenvalue weighted by Gasteiger charge is -2.36. The molecule has 0 amide bonds. The number of benzene rings is 4. The monoisotopic (exact) mass is 570 g/mol. The molecule has 2 unspecified atom stereocenters. The Morgan fingerprint density at radius 1 is 0.952 bits per heavy atom. The average molecular weight is 571 g/mol.